The van der Waals surface area contributed by atoms with E-state index in [9.17, 15) is 14.4 Å². The predicted molar refractivity (Wildman–Crippen MR) is 123 cm³/mol. The van der Waals surface area contributed by atoms with Crippen LogP contribution < -0.4 is 5.32 Å². The molecule has 0 bridgehead atoms. The number of esters is 2. The van der Waals surface area contributed by atoms with Gasteiger partial charge in [0.1, 0.15) is 0 Å². The van der Waals surface area contributed by atoms with Gasteiger partial charge in [-0.3, -0.25) is 9.78 Å². The normalized spacial score (nSPS) is 13.3. The van der Waals surface area contributed by atoms with Gasteiger partial charge in [0.25, 0.3) is 5.91 Å². The Balaban J connectivity index is 1.46. The summed E-state index contributed by atoms with van der Waals surface area (Å²) in [7, 11) is 1.99. The van der Waals surface area contributed by atoms with Gasteiger partial charge in [-0.25, -0.2) is 9.59 Å². The number of para-hydroxylation sites is 1. The minimum Gasteiger partial charge on any atom is -0.462 e. The molecule has 2 heterocycles. The molecule has 0 aliphatic carbocycles. The van der Waals surface area contributed by atoms with Crippen molar-refractivity contribution in [2.24, 2.45) is 0 Å². The van der Waals surface area contributed by atoms with E-state index in [1.54, 1.807) is 31.2 Å². The molecule has 8 nitrogen and oxygen atoms in total. The van der Waals surface area contributed by atoms with Crippen molar-refractivity contribution in [2.75, 3.05) is 32.1 Å². The summed E-state index contributed by atoms with van der Waals surface area (Å²) in [6, 6.07) is 13.8. The van der Waals surface area contributed by atoms with E-state index < -0.39 is 24.5 Å². The van der Waals surface area contributed by atoms with Crippen molar-refractivity contribution in [3.8, 4) is 0 Å². The lowest BCUT2D eigenvalue weighted by atomic mass is 9.96. The molecule has 3 aromatic rings. The molecule has 1 amide bonds. The molecule has 1 aromatic heterocycles. The maximum absolute atomic E-state index is 13.1. The summed E-state index contributed by atoms with van der Waals surface area (Å²) in [5, 5.41) is 3.38. The lowest BCUT2D eigenvalue weighted by Crippen LogP contribution is -2.30. The number of benzene rings is 2. The molecule has 8 heteroatoms. The van der Waals surface area contributed by atoms with Crippen molar-refractivity contribution in [3.63, 3.8) is 0 Å². The van der Waals surface area contributed by atoms with Gasteiger partial charge in [-0.2, -0.15) is 0 Å². The van der Waals surface area contributed by atoms with E-state index in [1.807, 2.05) is 31.3 Å². The van der Waals surface area contributed by atoms with Gasteiger partial charge in [-0.15, -0.1) is 0 Å². The molecule has 4 rings (SSSR count). The van der Waals surface area contributed by atoms with Crippen LogP contribution in [0, 0.1) is 0 Å². The number of carbonyl (C=O) groups excluding carboxylic acids is 3. The van der Waals surface area contributed by atoms with Crippen LogP contribution in [0.2, 0.25) is 0 Å². The lowest BCUT2D eigenvalue weighted by molar-refractivity contribution is -0.119. The van der Waals surface area contributed by atoms with Crippen LogP contribution in [0.15, 0.2) is 48.5 Å². The van der Waals surface area contributed by atoms with Crippen molar-refractivity contribution in [1.29, 1.82) is 0 Å². The van der Waals surface area contributed by atoms with Gasteiger partial charge in [-0.1, -0.05) is 18.2 Å². The first-order valence-corrected chi connectivity index (χ1v) is 10.8. The molecule has 0 fully saturated rings. The van der Waals surface area contributed by atoms with E-state index in [0.29, 0.717) is 28.7 Å². The Hall–Kier alpha value is -3.78. The van der Waals surface area contributed by atoms with Crippen LogP contribution >= 0.6 is 0 Å². The highest BCUT2D eigenvalue weighted by Crippen LogP contribution is 2.28. The average Bonchev–Trinajstić information content (AvgIpc) is 2.81. The van der Waals surface area contributed by atoms with Crippen LogP contribution in [0.4, 0.5) is 5.69 Å². The number of rotatable bonds is 6. The number of aromatic nitrogens is 1. The number of hydrogen-bond donors (Lipinski definition) is 1. The van der Waals surface area contributed by atoms with Gasteiger partial charge in [0.05, 0.1) is 23.3 Å². The van der Waals surface area contributed by atoms with E-state index in [2.05, 4.69) is 10.2 Å². The number of anilines is 1. The molecule has 0 saturated carbocycles. The topological polar surface area (TPSA) is 97.8 Å². The Bertz CT molecular complexity index is 1210. The van der Waals surface area contributed by atoms with E-state index in [0.717, 1.165) is 29.7 Å². The van der Waals surface area contributed by atoms with Gasteiger partial charge in [0.2, 0.25) is 0 Å². The number of nitrogens with zero attached hydrogens (tertiary/aromatic N) is 2. The maximum Gasteiger partial charge on any atom is 0.339 e. The Labute approximate surface area is 191 Å². The monoisotopic (exact) mass is 447 g/mol. The fraction of sp³-hybridized carbons (Fsp3) is 0.280. The highest BCUT2D eigenvalue weighted by atomic mass is 16.5. The van der Waals surface area contributed by atoms with Crippen molar-refractivity contribution in [3.05, 3.63) is 70.9 Å². The molecule has 0 saturated heterocycles. The second-order valence-corrected chi connectivity index (χ2v) is 7.84. The largest absolute Gasteiger partial charge is 0.462 e. The number of fused-ring (bicyclic) bond motifs is 2. The fourth-order valence-corrected chi connectivity index (χ4v) is 3.86. The van der Waals surface area contributed by atoms with Crippen LogP contribution in [0.1, 0.15) is 38.9 Å². The summed E-state index contributed by atoms with van der Waals surface area (Å²) < 4.78 is 10.3. The second-order valence-electron chi connectivity index (χ2n) is 7.84. The first kappa shape index (κ1) is 22.4. The third kappa shape index (κ3) is 5.01. The SMILES string of the molecule is CCOC(=O)c1ccc(NC(=O)COC(=O)c2c3c(nc4ccccc24)CCN(C)C3)cc1. The number of nitrogens with one attached hydrogen (secondary N) is 1. The summed E-state index contributed by atoms with van der Waals surface area (Å²) in [6.07, 6.45) is 0.749. The number of pyridine rings is 1. The molecular formula is C25H25N3O5. The number of carbonyl (C=O) groups is 3. The number of ether oxygens (including phenoxy) is 2. The quantitative estimate of drug-likeness (QED) is 0.580. The van der Waals surface area contributed by atoms with E-state index in [4.69, 9.17) is 14.5 Å². The molecule has 0 atom stereocenters. The van der Waals surface area contributed by atoms with Crippen LogP contribution in [0.3, 0.4) is 0 Å². The number of likely N-dealkylation sites (N-methyl/N-ethyl adjacent to an activating group) is 1. The smallest absolute Gasteiger partial charge is 0.339 e. The number of hydrogen-bond acceptors (Lipinski definition) is 7. The van der Waals surface area contributed by atoms with Crippen molar-refractivity contribution < 1.29 is 23.9 Å². The van der Waals surface area contributed by atoms with E-state index in [1.165, 1.54) is 0 Å². The van der Waals surface area contributed by atoms with Crippen LogP contribution in [0.25, 0.3) is 10.9 Å². The van der Waals surface area contributed by atoms with Crippen molar-refractivity contribution in [2.45, 2.75) is 19.9 Å². The molecule has 0 radical (unpaired) electrons. The Kier molecular flexibility index (Phi) is 6.65. The maximum atomic E-state index is 13.1. The van der Waals surface area contributed by atoms with Crippen LogP contribution in [-0.4, -0.2) is 54.5 Å². The van der Waals surface area contributed by atoms with Crippen LogP contribution in [-0.2, 0) is 27.2 Å². The highest BCUT2D eigenvalue weighted by Gasteiger charge is 2.25. The zero-order chi connectivity index (χ0) is 23.4. The minimum atomic E-state index is -0.548. The first-order valence-electron chi connectivity index (χ1n) is 10.8. The number of amides is 1. The van der Waals surface area contributed by atoms with Gasteiger partial charge in [-0.05, 0) is 44.3 Å². The third-order valence-electron chi connectivity index (χ3n) is 5.46. The molecule has 0 spiro atoms. The molecule has 1 aliphatic rings. The summed E-state index contributed by atoms with van der Waals surface area (Å²) in [5.41, 5.74) is 3.82. The molecule has 33 heavy (non-hydrogen) atoms. The average molecular weight is 447 g/mol. The van der Waals surface area contributed by atoms with Crippen LogP contribution in [0.5, 0.6) is 0 Å². The van der Waals surface area contributed by atoms with Gasteiger partial charge in [0.15, 0.2) is 6.61 Å². The lowest BCUT2D eigenvalue weighted by Gasteiger charge is -2.26. The molecule has 1 N–H and O–H groups in total. The summed E-state index contributed by atoms with van der Waals surface area (Å²) in [4.78, 5) is 44.0. The van der Waals surface area contributed by atoms with E-state index >= 15 is 0 Å². The highest BCUT2D eigenvalue weighted by molar-refractivity contribution is 6.06. The zero-order valence-corrected chi connectivity index (χ0v) is 18.6. The Morgan fingerprint density at radius 3 is 2.55 bits per heavy atom. The van der Waals surface area contributed by atoms with Gasteiger partial charge < -0.3 is 19.7 Å². The van der Waals surface area contributed by atoms with Crippen molar-refractivity contribution >= 4 is 34.4 Å². The van der Waals surface area contributed by atoms with Gasteiger partial charge >= 0.3 is 11.9 Å². The predicted octanol–water partition coefficient (Wildman–Crippen LogP) is 3.19. The third-order valence-corrected chi connectivity index (χ3v) is 5.46. The van der Waals surface area contributed by atoms with Crippen molar-refractivity contribution in [1.82, 2.24) is 9.88 Å². The van der Waals surface area contributed by atoms with Gasteiger partial charge in [0, 0.05) is 41.8 Å². The summed E-state index contributed by atoms with van der Waals surface area (Å²) in [6.45, 7) is 3.05. The molecular weight excluding hydrogens is 422 g/mol. The minimum absolute atomic E-state index is 0.287. The standard InChI is InChI=1S/C25H25N3O5/c1-3-32-24(30)16-8-10-17(11-9-16)26-22(29)15-33-25(31)23-18-6-4-5-7-20(18)27-21-12-13-28(2)14-19(21)23/h4-11H,3,12-15H2,1-2H3,(H,26,29). The zero-order valence-electron chi connectivity index (χ0n) is 18.6. The Morgan fingerprint density at radius 2 is 1.79 bits per heavy atom. The fourth-order valence-electron chi connectivity index (χ4n) is 3.86. The molecule has 2 aromatic carbocycles. The summed E-state index contributed by atoms with van der Waals surface area (Å²) in [5.74, 6) is -1.45. The second kappa shape index (κ2) is 9.79. The first-order chi connectivity index (χ1) is 16.0. The van der Waals surface area contributed by atoms with E-state index in [-0.39, 0.29) is 6.61 Å². The molecule has 170 valence electrons. The summed E-state index contributed by atoms with van der Waals surface area (Å²) >= 11 is 0. The molecule has 1 aliphatic heterocycles. The molecule has 0 unspecified atom stereocenters. The Morgan fingerprint density at radius 1 is 1.03 bits per heavy atom.